The zero-order valence-corrected chi connectivity index (χ0v) is 15.4. The highest BCUT2D eigenvalue weighted by molar-refractivity contribution is 7.89. The van der Waals surface area contributed by atoms with Gasteiger partial charge in [-0.2, -0.15) is 4.31 Å². The van der Waals surface area contributed by atoms with E-state index in [0.29, 0.717) is 18.8 Å². The fraction of sp³-hybridized carbons (Fsp3) is 0.529. The Morgan fingerprint density at radius 1 is 1.28 bits per heavy atom. The number of ketones is 1. The number of Topliss-reactive ketones (excluding diaryl/α,β-unsaturated/α-hetero) is 1. The van der Waals surface area contributed by atoms with Gasteiger partial charge in [-0.1, -0.05) is 0 Å². The van der Waals surface area contributed by atoms with Gasteiger partial charge in [0.05, 0.1) is 22.8 Å². The maximum Gasteiger partial charge on any atom is 0.299 e. The third-order valence-electron chi connectivity index (χ3n) is 4.69. The second-order valence-electron chi connectivity index (χ2n) is 6.64. The van der Waals surface area contributed by atoms with E-state index in [9.17, 15) is 18.0 Å². The number of carbonyl (C=O) groups is 2. The zero-order chi connectivity index (χ0) is 18.4. The summed E-state index contributed by atoms with van der Waals surface area (Å²) < 4.78 is 32.5. The van der Waals surface area contributed by atoms with Gasteiger partial charge in [0.25, 0.3) is 11.7 Å². The molecule has 7 nitrogen and oxygen atoms in total. The summed E-state index contributed by atoms with van der Waals surface area (Å²) in [6, 6.07) is 3.97. The Kier molecular flexibility index (Phi) is 4.70. The van der Waals surface area contributed by atoms with Crippen LogP contribution in [0, 0.1) is 0 Å². The van der Waals surface area contributed by atoms with Crippen molar-refractivity contribution in [1.29, 1.82) is 0 Å². The van der Waals surface area contributed by atoms with E-state index in [0.717, 1.165) is 12.8 Å². The number of rotatable bonds is 5. The van der Waals surface area contributed by atoms with Gasteiger partial charge in [-0.05, 0) is 44.9 Å². The lowest BCUT2D eigenvalue weighted by atomic mass is 10.1. The number of sulfonamides is 1. The lowest BCUT2D eigenvalue weighted by Gasteiger charge is -2.24. The predicted octanol–water partition coefficient (Wildman–Crippen LogP) is 1.42. The Balaban J connectivity index is 2.00. The number of amides is 1. The second kappa shape index (κ2) is 6.51. The molecule has 0 aromatic heterocycles. The van der Waals surface area contributed by atoms with Gasteiger partial charge in [-0.25, -0.2) is 8.42 Å². The van der Waals surface area contributed by atoms with Crippen LogP contribution in [0.5, 0.6) is 0 Å². The first-order valence-electron chi connectivity index (χ1n) is 8.31. The van der Waals surface area contributed by atoms with Gasteiger partial charge in [0, 0.05) is 25.7 Å². The van der Waals surface area contributed by atoms with Gasteiger partial charge >= 0.3 is 0 Å². The quantitative estimate of drug-likeness (QED) is 0.736. The molecule has 0 aliphatic carbocycles. The minimum absolute atomic E-state index is 0.0426. The van der Waals surface area contributed by atoms with Gasteiger partial charge < -0.3 is 9.64 Å². The molecule has 2 aliphatic rings. The minimum Gasteiger partial charge on any atom is -0.383 e. The van der Waals surface area contributed by atoms with Crippen molar-refractivity contribution in [3.8, 4) is 0 Å². The van der Waals surface area contributed by atoms with Crippen molar-refractivity contribution in [3.05, 3.63) is 23.8 Å². The number of benzene rings is 1. The normalized spacial score (nSPS) is 21.4. The van der Waals surface area contributed by atoms with E-state index in [-0.39, 0.29) is 22.5 Å². The molecule has 1 aromatic carbocycles. The van der Waals surface area contributed by atoms with Crippen LogP contribution in [-0.2, 0) is 19.6 Å². The summed E-state index contributed by atoms with van der Waals surface area (Å²) in [5.41, 5.74) is 0.626. The molecular weight excluding hydrogens is 344 g/mol. The molecule has 1 atom stereocenters. The smallest absolute Gasteiger partial charge is 0.299 e. The van der Waals surface area contributed by atoms with Crippen LogP contribution in [-0.4, -0.2) is 56.8 Å². The molecule has 25 heavy (non-hydrogen) atoms. The SMILES string of the molecule is COC[C@@H]1CCCN1S(=O)(=O)c1ccc2c(c1)C(=O)C(=O)N2C(C)C. The van der Waals surface area contributed by atoms with Gasteiger partial charge in [0.2, 0.25) is 10.0 Å². The number of hydrogen-bond acceptors (Lipinski definition) is 5. The van der Waals surface area contributed by atoms with Crippen molar-refractivity contribution in [2.24, 2.45) is 0 Å². The molecule has 1 aromatic rings. The maximum atomic E-state index is 13.0. The predicted molar refractivity (Wildman–Crippen MR) is 92.2 cm³/mol. The molecule has 0 spiro atoms. The van der Waals surface area contributed by atoms with Gasteiger partial charge in [0.1, 0.15) is 0 Å². The molecule has 2 aliphatic heterocycles. The summed E-state index contributed by atoms with van der Waals surface area (Å²) in [5, 5.41) is 0. The molecule has 136 valence electrons. The van der Waals surface area contributed by atoms with Crippen LogP contribution < -0.4 is 4.90 Å². The van der Waals surface area contributed by atoms with Crippen molar-refractivity contribution in [1.82, 2.24) is 4.31 Å². The van der Waals surface area contributed by atoms with Crippen molar-refractivity contribution in [2.75, 3.05) is 25.2 Å². The first-order valence-corrected chi connectivity index (χ1v) is 9.75. The number of nitrogens with zero attached hydrogens (tertiary/aromatic N) is 2. The van der Waals surface area contributed by atoms with E-state index in [1.54, 1.807) is 13.2 Å². The molecule has 8 heteroatoms. The van der Waals surface area contributed by atoms with Crippen LogP contribution in [0.1, 0.15) is 37.0 Å². The number of fused-ring (bicyclic) bond motifs is 1. The Hall–Kier alpha value is -1.77. The van der Waals surface area contributed by atoms with Crippen LogP contribution >= 0.6 is 0 Å². The van der Waals surface area contributed by atoms with Crippen molar-refractivity contribution in [2.45, 2.75) is 43.7 Å². The highest BCUT2D eigenvalue weighted by Gasteiger charge is 2.40. The number of carbonyl (C=O) groups excluding carboxylic acids is 2. The molecular formula is C17H22N2O5S. The monoisotopic (exact) mass is 366 g/mol. The van der Waals surface area contributed by atoms with Crippen molar-refractivity contribution < 1.29 is 22.7 Å². The van der Waals surface area contributed by atoms with Gasteiger partial charge in [-0.15, -0.1) is 0 Å². The van der Waals surface area contributed by atoms with E-state index >= 15 is 0 Å². The lowest BCUT2D eigenvalue weighted by Crippen LogP contribution is -2.38. The summed E-state index contributed by atoms with van der Waals surface area (Å²) >= 11 is 0. The van der Waals surface area contributed by atoms with E-state index in [4.69, 9.17) is 4.74 Å². The van der Waals surface area contributed by atoms with Crippen molar-refractivity contribution in [3.63, 3.8) is 0 Å². The van der Waals surface area contributed by atoms with Crippen LogP contribution in [0.2, 0.25) is 0 Å². The molecule has 3 rings (SSSR count). The number of ether oxygens (including phenoxy) is 1. The maximum absolute atomic E-state index is 13.0. The van der Waals surface area contributed by atoms with E-state index in [1.807, 2.05) is 13.8 Å². The molecule has 2 heterocycles. The third-order valence-corrected chi connectivity index (χ3v) is 6.64. The van der Waals surface area contributed by atoms with Crippen LogP contribution in [0.4, 0.5) is 5.69 Å². The van der Waals surface area contributed by atoms with Crippen LogP contribution in [0.15, 0.2) is 23.1 Å². The summed E-state index contributed by atoms with van der Waals surface area (Å²) in [5.74, 6) is -1.27. The summed E-state index contributed by atoms with van der Waals surface area (Å²) in [6.07, 6.45) is 1.52. The molecule has 0 unspecified atom stereocenters. The molecule has 0 saturated carbocycles. The molecule has 0 bridgehead atoms. The number of methoxy groups -OCH3 is 1. The standard InChI is InChI=1S/C17H22N2O5S/c1-11(2)19-15-7-6-13(9-14(15)16(20)17(19)21)25(22,23)18-8-4-5-12(18)10-24-3/h6-7,9,11-12H,4-5,8,10H2,1-3H3/t12-/m0/s1. The fourth-order valence-corrected chi connectivity index (χ4v) is 5.24. The Bertz CT molecular complexity index is 818. The molecule has 1 amide bonds. The Morgan fingerprint density at radius 2 is 2.00 bits per heavy atom. The summed E-state index contributed by atoms with van der Waals surface area (Å²) in [6.45, 7) is 4.39. The van der Waals surface area contributed by atoms with E-state index in [2.05, 4.69) is 0 Å². The fourth-order valence-electron chi connectivity index (χ4n) is 3.53. The van der Waals surface area contributed by atoms with Gasteiger partial charge in [-0.3, -0.25) is 9.59 Å². The first kappa shape index (κ1) is 18.0. The second-order valence-corrected chi connectivity index (χ2v) is 8.53. The summed E-state index contributed by atoms with van der Waals surface area (Å²) in [4.78, 5) is 25.9. The molecule has 0 radical (unpaired) electrons. The Morgan fingerprint density at radius 3 is 2.64 bits per heavy atom. The molecule has 1 saturated heterocycles. The average Bonchev–Trinajstić information content (AvgIpc) is 3.12. The largest absolute Gasteiger partial charge is 0.383 e. The van der Waals surface area contributed by atoms with E-state index in [1.165, 1.54) is 21.3 Å². The van der Waals surface area contributed by atoms with Crippen LogP contribution in [0.3, 0.4) is 0 Å². The topological polar surface area (TPSA) is 84.0 Å². The number of hydrogen-bond donors (Lipinski definition) is 0. The van der Waals surface area contributed by atoms with Crippen LogP contribution in [0.25, 0.3) is 0 Å². The molecule has 1 fully saturated rings. The van der Waals surface area contributed by atoms with Crippen molar-refractivity contribution >= 4 is 27.4 Å². The zero-order valence-electron chi connectivity index (χ0n) is 14.6. The first-order chi connectivity index (χ1) is 11.8. The third kappa shape index (κ3) is 2.88. The minimum atomic E-state index is -3.74. The van der Waals surface area contributed by atoms with Gasteiger partial charge in [0.15, 0.2) is 0 Å². The highest BCUT2D eigenvalue weighted by atomic mass is 32.2. The van der Waals surface area contributed by atoms with E-state index < -0.39 is 21.7 Å². The number of anilines is 1. The summed E-state index contributed by atoms with van der Waals surface area (Å²) in [7, 11) is -2.19. The highest BCUT2D eigenvalue weighted by Crippen LogP contribution is 2.34. The lowest BCUT2D eigenvalue weighted by molar-refractivity contribution is -0.114. The molecule has 0 N–H and O–H groups in total. The average molecular weight is 366 g/mol. The Labute approximate surface area is 147 Å².